The number of aliphatic carboxylic acids is 1. The fourth-order valence-electron chi connectivity index (χ4n) is 1.56. The SMILES string of the molecule is NCCCCCCN=C([O-])[C@@H](O)[C@@H](O)[C@H](O)[C@@H](O)C(=O)O.[Na+]. The zero-order valence-corrected chi connectivity index (χ0v) is 14.6. The average Bonchev–Trinajstić information content (AvgIpc) is 2.47. The Kier molecular flexibility index (Phi) is 14.4. The van der Waals surface area contributed by atoms with Crippen molar-refractivity contribution in [3.63, 3.8) is 0 Å². The summed E-state index contributed by atoms with van der Waals surface area (Å²) in [6.07, 6.45) is -5.53. The molecular weight excluding hydrogens is 307 g/mol. The van der Waals surface area contributed by atoms with Crippen LogP contribution in [0, 0.1) is 0 Å². The van der Waals surface area contributed by atoms with E-state index >= 15 is 0 Å². The molecule has 0 unspecified atom stereocenters. The molecule has 4 atom stereocenters. The van der Waals surface area contributed by atoms with Gasteiger partial charge in [0.1, 0.15) is 18.3 Å². The summed E-state index contributed by atoms with van der Waals surface area (Å²) in [6, 6.07) is 0. The van der Waals surface area contributed by atoms with Crippen LogP contribution in [0.3, 0.4) is 0 Å². The molecule has 0 aromatic rings. The number of rotatable bonds is 11. The van der Waals surface area contributed by atoms with Crippen LogP contribution in [0.2, 0.25) is 0 Å². The molecule has 0 amide bonds. The van der Waals surface area contributed by atoms with Crippen LogP contribution in [0.1, 0.15) is 25.7 Å². The maximum Gasteiger partial charge on any atom is 1.00 e. The van der Waals surface area contributed by atoms with Crippen LogP contribution in [-0.2, 0) is 4.79 Å². The van der Waals surface area contributed by atoms with Crippen molar-refractivity contribution in [1.29, 1.82) is 0 Å². The van der Waals surface area contributed by atoms with Crippen LogP contribution in [-0.4, -0.2) is 74.9 Å². The Labute approximate surface area is 150 Å². The maximum absolute atomic E-state index is 11.4. The summed E-state index contributed by atoms with van der Waals surface area (Å²) in [5.74, 6) is -2.85. The summed E-state index contributed by atoms with van der Waals surface area (Å²) in [4.78, 5) is 13.9. The molecule has 0 saturated carbocycles. The molecule has 7 N–H and O–H groups in total. The number of aliphatic hydroxyl groups excluding tert-OH is 4. The Hall–Kier alpha value is -0.260. The first kappa shape index (κ1) is 24.0. The third-order valence-electron chi connectivity index (χ3n) is 2.88. The van der Waals surface area contributed by atoms with E-state index in [0.717, 1.165) is 19.3 Å². The van der Waals surface area contributed by atoms with E-state index in [1.807, 2.05) is 0 Å². The van der Waals surface area contributed by atoms with Crippen LogP contribution in [0.25, 0.3) is 0 Å². The minimum absolute atomic E-state index is 0. The number of carboxylic acid groups (broad SMARTS) is 1. The molecule has 22 heavy (non-hydrogen) atoms. The molecule has 0 radical (unpaired) electrons. The van der Waals surface area contributed by atoms with Gasteiger partial charge in [0.2, 0.25) is 0 Å². The standard InChI is InChI=1S/C12H24N2O7.Na/c13-5-3-1-2-4-6-14-11(19)9(17)7(15)8(16)10(18)12(20)21;/h7-10,15-18H,1-6,13H2,(H,14,19)(H,20,21);/q;+1/p-1/t7-,8-,9-,10+;/m0./s1. The number of hydrogen-bond donors (Lipinski definition) is 6. The Morgan fingerprint density at radius 3 is 2.00 bits per heavy atom. The third-order valence-corrected chi connectivity index (χ3v) is 2.88. The van der Waals surface area contributed by atoms with Gasteiger partial charge in [-0.05, 0) is 25.3 Å². The molecule has 0 fully saturated rings. The van der Waals surface area contributed by atoms with Crippen LogP contribution in [0.4, 0.5) is 0 Å². The Morgan fingerprint density at radius 1 is 1.00 bits per heavy atom. The number of nitrogens with zero attached hydrogens (tertiary/aromatic N) is 1. The van der Waals surface area contributed by atoms with Crippen LogP contribution >= 0.6 is 0 Å². The molecule has 0 aliphatic heterocycles. The third kappa shape index (κ3) is 9.01. The van der Waals surface area contributed by atoms with Crippen LogP contribution in [0.15, 0.2) is 4.99 Å². The second-order valence-electron chi connectivity index (χ2n) is 4.63. The molecule has 0 heterocycles. The second kappa shape index (κ2) is 13.2. The molecule has 124 valence electrons. The number of unbranched alkanes of at least 4 members (excludes halogenated alkanes) is 3. The van der Waals surface area contributed by atoms with Gasteiger partial charge in [0.05, 0.1) is 0 Å². The van der Waals surface area contributed by atoms with Crippen molar-refractivity contribution < 1.29 is 65.0 Å². The summed E-state index contributed by atoms with van der Waals surface area (Å²) in [5, 5.41) is 57.1. The van der Waals surface area contributed by atoms with Gasteiger partial charge in [-0.1, -0.05) is 12.8 Å². The number of hydrogen-bond acceptors (Lipinski definition) is 8. The van der Waals surface area contributed by atoms with E-state index in [9.17, 15) is 25.2 Å². The maximum atomic E-state index is 11.4. The first-order valence-electron chi connectivity index (χ1n) is 6.69. The first-order valence-corrected chi connectivity index (χ1v) is 6.69. The number of nitrogens with two attached hydrogens (primary N) is 1. The van der Waals surface area contributed by atoms with Crippen molar-refractivity contribution >= 4 is 11.9 Å². The summed E-state index contributed by atoms with van der Waals surface area (Å²) in [6.45, 7) is 0.732. The molecular formula is C12H23N2NaO7. The summed E-state index contributed by atoms with van der Waals surface area (Å²) < 4.78 is 0. The van der Waals surface area contributed by atoms with Crippen LogP contribution in [0.5, 0.6) is 0 Å². The zero-order chi connectivity index (χ0) is 16.4. The molecule has 0 aromatic heterocycles. The molecule has 0 rings (SSSR count). The van der Waals surface area contributed by atoms with Gasteiger partial charge in [-0.25, -0.2) is 4.79 Å². The zero-order valence-electron chi connectivity index (χ0n) is 12.6. The summed E-state index contributed by atoms with van der Waals surface area (Å²) in [7, 11) is 0. The topological polar surface area (TPSA) is 180 Å². The van der Waals surface area contributed by atoms with E-state index in [1.165, 1.54) is 0 Å². The summed E-state index contributed by atoms with van der Waals surface area (Å²) in [5.41, 5.74) is 5.31. The first-order chi connectivity index (χ1) is 9.82. The molecule has 0 saturated heterocycles. The fourth-order valence-corrected chi connectivity index (χ4v) is 1.56. The Balaban J connectivity index is 0. The van der Waals surface area contributed by atoms with Crippen molar-refractivity contribution in [2.75, 3.05) is 13.1 Å². The van der Waals surface area contributed by atoms with Crippen molar-refractivity contribution in [2.45, 2.75) is 50.1 Å². The predicted octanol–water partition coefficient (Wildman–Crippen LogP) is -6.20. The Bertz CT molecular complexity index is 343. The molecule has 0 spiro atoms. The van der Waals surface area contributed by atoms with E-state index in [-0.39, 0.29) is 36.1 Å². The van der Waals surface area contributed by atoms with Crippen molar-refractivity contribution in [2.24, 2.45) is 10.7 Å². The Morgan fingerprint density at radius 2 is 1.50 bits per heavy atom. The van der Waals surface area contributed by atoms with Gasteiger partial charge in [0.25, 0.3) is 0 Å². The van der Waals surface area contributed by atoms with Gasteiger partial charge in [-0.15, -0.1) is 0 Å². The van der Waals surface area contributed by atoms with E-state index in [1.54, 1.807) is 0 Å². The van der Waals surface area contributed by atoms with Gasteiger partial charge >= 0.3 is 35.5 Å². The average molecular weight is 330 g/mol. The number of carboxylic acids is 1. The smallest absolute Gasteiger partial charge is 0.860 e. The number of carbonyl (C=O) groups is 1. The van der Waals surface area contributed by atoms with Crippen molar-refractivity contribution in [3.05, 3.63) is 0 Å². The second-order valence-corrected chi connectivity index (χ2v) is 4.63. The molecule has 9 nitrogen and oxygen atoms in total. The molecule has 0 aliphatic rings. The van der Waals surface area contributed by atoms with Gasteiger partial charge in [-0.3, -0.25) is 0 Å². The predicted molar refractivity (Wildman–Crippen MR) is 71.5 cm³/mol. The van der Waals surface area contributed by atoms with Gasteiger partial charge in [0, 0.05) is 6.54 Å². The van der Waals surface area contributed by atoms with E-state index in [0.29, 0.717) is 13.0 Å². The van der Waals surface area contributed by atoms with E-state index in [4.69, 9.17) is 15.9 Å². The largest absolute Gasteiger partial charge is 1.00 e. The minimum Gasteiger partial charge on any atom is -0.860 e. The quantitative estimate of drug-likeness (QED) is 0.0936. The molecule has 10 heteroatoms. The normalized spacial score (nSPS) is 17.2. The van der Waals surface area contributed by atoms with Gasteiger partial charge in [0.15, 0.2) is 6.10 Å². The van der Waals surface area contributed by atoms with Crippen molar-refractivity contribution in [1.82, 2.24) is 0 Å². The summed E-state index contributed by atoms with van der Waals surface area (Å²) >= 11 is 0. The van der Waals surface area contributed by atoms with Crippen LogP contribution < -0.4 is 40.4 Å². The van der Waals surface area contributed by atoms with Crippen molar-refractivity contribution in [3.8, 4) is 0 Å². The van der Waals surface area contributed by atoms with E-state index in [2.05, 4.69) is 4.99 Å². The molecule has 0 aliphatic carbocycles. The monoisotopic (exact) mass is 330 g/mol. The van der Waals surface area contributed by atoms with Gasteiger partial charge in [-0.2, -0.15) is 0 Å². The molecule has 0 bridgehead atoms. The van der Waals surface area contributed by atoms with E-state index < -0.39 is 36.3 Å². The number of aliphatic imine (C=N–C) groups is 1. The fraction of sp³-hybridized carbons (Fsp3) is 0.833. The molecule has 0 aromatic carbocycles. The number of aliphatic hydroxyl groups is 4. The minimum atomic E-state index is -2.31. The van der Waals surface area contributed by atoms with Gasteiger partial charge < -0.3 is 41.4 Å².